The second-order valence-corrected chi connectivity index (χ2v) is 13.0. The van der Waals surface area contributed by atoms with E-state index < -0.39 is 104 Å². The van der Waals surface area contributed by atoms with E-state index in [1.54, 1.807) is 0 Å². The van der Waals surface area contributed by atoms with Gasteiger partial charge in [-0.1, -0.05) is 11.2 Å². The van der Waals surface area contributed by atoms with Crippen molar-refractivity contribution in [1.82, 2.24) is 24.7 Å². The van der Waals surface area contributed by atoms with Crippen LogP contribution in [0.3, 0.4) is 0 Å². The highest BCUT2D eigenvalue weighted by molar-refractivity contribution is 7.89. The van der Waals surface area contributed by atoms with Crippen LogP contribution in [0, 0.1) is 5.82 Å². The van der Waals surface area contributed by atoms with E-state index in [4.69, 9.17) is 4.52 Å². The number of carbonyl (C=O) groups excluding carboxylic acids is 1. The summed E-state index contributed by atoms with van der Waals surface area (Å²) in [5.74, 6) is -6.79. The number of hydrogen-bond acceptors (Lipinski definition) is 9. The number of benzene rings is 1. The Bertz CT molecular complexity index is 1660. The third kappa shape index (κ3) is 6.86. The Balaban J connectivity index is 1.87. The van der Waals surface area contributed by atoms with Crippen LogP contribution in [0.1, 0.15) is 62.0 Å². The summed E-state index contributed by atoms with van der Waals surface area (Å²) in [7, 11) is -5.32. The van der Waals surface area contributed by atoms with Crippen LogP contribution in [-0.2, 0) is 15.6 Å². The maximum atomic E-state index is 15.5. The molecule has 20 heteroatoms. The molecule has 2 N–H and O–H groups in total. The van der Waals surface area contributed by atoms with Crippen LogP contribution in [-0.4, -0.2) is 70.7 Å². The zero-order valence-corrected chi connectivity index (χ0v) is 24.5. The number of nitrogens with zero attached hydrogens (tertiary/aromatic N) is 4. The number of sulfonamides is 1. The second kappa shape index (κ2) is 11.6. The van der Waals surface area contributed by atoms with E-state index in [1.807, 2.05) is 0 Å². The SMILES string of the molecule is C[C@H](NS(=O)(=O)c1ccc(-c2sc(-c3noc(C(C)(C)O)n3)nc2C(=O)N2CCC(F)(F)CC2)c(C(F)F)c1F)C(F)(F)F. The third-order valence-corrected chi connectivity index (χ3v) is 9.11. The summed E-state index contributed by atoms with van der Waals surface area (Å²) in [5.41, 5.74) is -4.58. The summed E-state index contributed by atoms with van der Waals surface area (Å²) in [6.07, 6.45) is -10.3. The van der Waals surface area contributed by atoms with Crippen LogP contribution >= 0.6 is 11.3 Å². The Labute approximate surface area is 248 Å². The first-order chi connectivity index (χ1) is 20.1. The van der Waals surface area contributed by atoms with Gasteiger partial charge in [0.2, 0.25) is 15.8 Å². The fraction of sp³-hybridized carbons (Fsp3) is 0.500. The van der Waals surface area contributed by atoms with E-state index in [-0.39, 0.29) is 16.7 Å². The van der Waals surface area contributed by atoms with E-state index in [0.717, 1.165) is 4.90 Å². The average molecular weight is 678 g/mol. The van der Waals surface area contributed by atoms with Crippen LogP contribution in [0.4, 0.5) is 35.1 Å². The van der Waals surface area contributed by atoms with Crippen molar-refractivity contribution in [1.29, 1.82) is 0 Å². The zero-order valence-electron chi connectivity index (χ0n) is 22.8. The highest BCUT2D eigenvalue weighted by Crippen LogP contribution is 2.43. The number of thiazole rings is 1. The highest BCUT2D eigenvalue weighted by atomic mass is 32.2. The molecule has 4 rings (SSSR count). The van der Waals surface area contributed by atoms with Gasteiger partial charge in [-0.3, -0.25) is 4.79 Å². The van der Waals surface area contributed by atoms with Crippen molar-refractivity contribution < 1.29 is 58.0 Å². The topological polar surface area (TPSA) is 139 Å². The monoisotopic (exact) mass is 677 g/mol. The Hall–Kier alpha value is -3.23. The van der Waals surface area contributed by atoms with Gasteiger partial charge >= 0.3 is 6.18 Å². The van der Waals surface area contributed by atoms with Gasteiger partial charge in [-0.05, 0) is 26.8 Å². The standard InChI is InChI=1S/C24H23F8N5O5S2/c1-10(24(30,31)32)36-44(40,41)12-5-4-11(13(14(12)25)17(26)27)16-15(20(38)37-8-6-23(28,29)7-9-37)33-19(43-16)18-34-21(42-35-18)22(2,3)39/h4-5,10,17,36,39H,6-9H2,1-3H3/t10-/m0/s1. The van der Waals surface area contributed by atoms with Gasteiger partial charge in [0.25, 0.3) is 24.1 Å². The molecular formula is C24H23F8N5O5S2. The van der Waals surface area contributed by atoms with Crippen molar-refractivity contribution in [2.24, 2.45) is 0 Å². The fourth-order valence-corrected chi connectivity index (χ4v) is 6.38. The molecule has 3 heterocycles. The lowest BCUT2D eigenvalue weighted by atomic mass is 10.0. The minimum Gasteiger partial charge on any atom is -0.381 e. The third-order valence-electron chi connectivity index (χ3n) is 6.47. The van der Waals surface area contributed by atoms with Crippen molar-refractivity contribution in [3.8, 4) is 21.3 Å². The number of hydrogen-bond donors (Lipinski definition) is 2. The van der Waals surface area contributed by atoms with Crippen LogP contribution in [0.5, 0.6) is 0 Å². The van der Waals surface area contributed by atoms with E-state index in [2.05, 4.69) is 15.1 Å². The summed E-state index contributed by atoms with van der Waals surface area (Å²) in [4.78, 5) is 20.5. The van der Waals surface area contributed by atoms with Crippen LogP contribution < -0.4 is 4.72 Å². The van der Waals surface area contributed by atoms with Gasteiger partial charge in [0.15, 0.2) is 10.8 Å². The number of aliphatic hydroxyl groups is 1. The number of likely N-dealkylation sites (tertiary alicyclic amines) is 1. The first-order valence-corrected chi connectivity index (χ1v) is 14.9. The first-order valence-electron chi connectivity index (χ1n) is 12.6. The molecule has 242 valence electrons. The minimum atomic E-state index is -5.32. The quantitative estimate of drug-likeness (QED) is 0.308. The van der Waals surface area contributed by atoms with Gasteiger partial charge in [0.05, 0.1) is 10.4 Å². The van der Waals surface area contributed by atoms with Crippen LogP contribution in [0.25, 0.3) is 21.3 Å². The van der Waals surface area contributed by atoms with E-state index in [9.17, 15) is 49.1 Å². The van der Waals surface area contributed by atoms with E-state index >= 15 is 4.39 Å². The number of aromatic nitrogens is 3. The van der Waals surface area contributed by atoms with Crippen molar-refractivity contribution in [3.05, 3.63) is 35.1 Å². The van der Waals surface area contributed by atoms with Crippen molar-refractivity contribution in [2.75, 3.05) is 13.1 Å². The predicted molar refractivity (Wildman–Crippen MR) is 137 cm³/mol. The molecule has 1 saturated heterocycles. The molecule has 0 unspecified atom stereocenters. The Morgan fingerprint density at radius 2 is 1.77 bits per heavy atom. The van der Waals surface area contributed by atoms with Crippen molar-refractivity contribution in [2.45, 2.75) is 68.7 Å². The summed E-state index contributed by atoms with van der Waals surface area (Å²) in [6.45, 7) is 2.14. The molecule has 0 spiro atoms. The Morgan fingerprint density at radius 1 is 1.16 bits per heavy atom. The molecule has 0 radical (unpaired) electrons. The summed E-state index contributed by atoms with van der Waals surface area (Å²) < 4.78 is 142. The maximum Gasteiger partial charge on any atom is 0.404 e. The summed E-state index contributed by atoms with van der Waals surface area (Å²) >= 11 is 0.462. The van der Waals surface area contributed by atoms with Gasteiger partial charge in [-0.25, -0.2) is 35.4 Å². The average Bonchev–Trinajstić information content (AvgIpc) is 3.55. The number of halogens is 8. The van der Waals surface area contributed by atoms with Gasteiger partial charge < -0.3 is 14.5 Å². The molecule has 1 aromatic carbocycles. The molecule has 0 saturated carbocycles. The molecule has 1 aliphatic rings. The number of nitrogens with one attached hydrogen (secondary N) is 1. The maximum absolute atomic E-state index is 15.5. The summed E-state index contributed by atoms with van der Waals surface area (Å²) in [5, 5.41) is 13.5. The smallest absolute Gasteiger partial charge is 0.381 e. The molecule has 1 atom stereocenters. The van der Waals surface area contributed by atoms with Gasteiger partial charge in [0.1, 0.15) is 22.2 Å². The molecule has 1 aliphatic heterocycles. The lowest BCUT2D eigenvalue weighted by Crippen LogP contribution is -2.43. The summed E-state index contributed by atoms with van der Waals surface area (Å²) in [6, 6.07) is -1.60. The molecule has 44 heavy (non-hydrogen) atoms. The largest absolute Gasteiger partial charge is 0.404 e. The number of amides is 1. The van der Waals surface area contributed by atoms with Gasteiger partial charge in [0, 0.05) is 31.5 Å². The van der Waals surface area contributed by atoms with Gasteiger partial charge in [-0.15, -0.1) is 11.3 Å². The number of piperidine rings is 1. The number of rotatable bonds is 8. The first kappa shape index (κ1) is 33.7. The zero-order chi connectivity index (χ0) is 33.0. The molecule has 0 aliphatic carbocycles. The normalized spacial score (nSPS) is 16.9. The molecule has 10 nitrogen and oxygen atoms in total. The molecule has 1 fully saturated rings. The molecule has 0 bridgehead atoms. The van der Waals surface area contributed by atoms with Crippen LogP contribution in [0.15, 0.2) is 21.6 Å². The number of carbonyl (C=O) groups is 1. The lowest BCUT2D eigenvalue weighted by Gasteiger charge is -2.31. The Morgan fingerprint density at radius 3 is 2.30 bits per heavy atom. The molecule has 3 aromatic rings. The Kier molecular flexibility index (Phi) is 8.88. The van der Waals surface area contributed by atoms with Crippen molar-refractivity contribution in [3.63, 3.8) is 0 Å². The second-order valence-electron chi connectivity index (χ2n) is 10.4. The van der Waals surface area contributed by atoms with Crippen molar-refractivity contribution >= 4 is 27.3 Å². The highest BCUT2D eigenvalue weighted by Gasteiger charge is 2.41. The van der Waals surface area contributed by atoms with E-state index in [0.29, 0.717) is 30.4 Å². The number of alkyl halides is 7. The minimum absolute atomic E-state index is 0.261. The van der Waals surface area contributed by atoms with E-state index in [1.165, 1.54) is 18.6 Å². The fourth-order valence-electron chi connectivity index (χ4n) is 4.04. The molecule has 2 aromatic heterocycles. The van der Waals surface area contributed by atoms with Gasteiger partial charge in [-0.2, -0.15) is 22.9 Å². The lowest BCUT2D eigenvalue weighted by molar-refractivity contribution is -0.147. The van der Waals surface area contributed by atoms with Crippen LogP contribution in [0.2, 0.25) is 0 Å². The predicted octanol–water partition coefficient (Wildman–Crippen LogP) is 5.26. The molecule has 1 amide bonds. The molecular weight excluding hydrogens is 654 g/mol.